The third-order valence-electron chi connectivity index (χ3n) is 1.39. The fraction of sp³-hybridized carbons (Fsp3) is 1.00. The fourth-order valence-electron chi connectivity index (χ4n) is 0.971. The van der Waals surface area contributed by atoms with Gasteiger partial charge in [0.05, 0.1) is 0 Å². The summed E-state index contributed by atoms with van der Waals surface area (Å²) in [5.74, 6) is 0.440. The smallest absolute Gasteiger partial charge is 0.427 e. The molecule has 0 aliphatic heterocycles. The highest BCUT2D eigenvalue weighted by molar-refractivity contribution is 6.41. The average molecular weight is 130 g/mol. The number of hydrogen-bond acceptors (Lipinski definition) is 2. The van der Waals surface area contributed by atoms with Crippen molar-refractivity contribution in [2.75, 3.05) is 0 Å². The lowest BCUT2D eigenvalue weighted by atomic mass is 9.78. The van der Waals surface area contributed by atoms with E-state index in [2.05, 4.69) is 6.92 Å². The van der Waals surface area contributed by atoms with Gasteiger partial charge in [-0.3, -0.25) is 0 Å². The third kappa shape index (κ3) is 5.86. The van der Waals surface area contributed by atoms with Gasteiger partial charge in [0.15, 0.2) is 0 Å². The highest BCUT2D eigenvalue weighted by Crippen LogP contribution is 2.10. The monoisotopic (exact) mass is 130 g/mol. The normalized spacial score (nSPS) is 13.3. The summed E-state index contributed by atoms with van der Waals surface area (Å²) in [7, 11) is -1.12. The van der Waals surface area contributed by atoms with Crippen LogP contribution in [0.3, 0.4) is 0 Å². The SMILES string of the molecule is CCCC(C)CB(O)O. The molecule has 3 heteroatoms. The highest BCUT2D eigenvalue weighted by atomic mass is 16.4. The molecular formula is C6H15BO2. The Morgan fingerprint density at radius 1 is 1.44 bits per heavy atom. The van der Waals surface area contributed by atoms with Gasteiger partial charge < -0.3 is 10.0 Å². The Hall–Kier alpha value is -0.0151. The number of rotatable bonds is 4. The van der Waals surface area contributed by atoms with Crippen LogP contribution in [-0.2, 0) is 0 Å². The van der Waals surface area contributed by atoms with Gasteiger partial charge >= 0.3 is 7.12 Å². The Morgan fingerprint density at radius 2 is 2.00 bits per heavy atom. The molecule has 0 fully saturated rings. The van der Waals surface area contributed by atoms with Crippen LogP contribution in [0.2, 0.25) is 6.32 Å². The van der Waals surface area contributed by atoms with Crippen molar-refractivity contribution in [2.45, 2.75) is 33.0 Å². The van der Waals surface area contributed by atoms with E-state index in [4.69, 9.17) is 10.0 Å². The highest BCUT2D eigenvalue weighted by Gasteiger charge is 2.11. The van der Waals surface area contributed by atoms with Gasteiger partial charge in [0.2, 0.25) is 0 Å². The Bertz CT molecular complexity index is 66.1. The van der Waals surface area contributed by atoms with Crippen LogP contribution < -0.4 is 0 Å². The second kappa shape index (κ2) is 4.83. The molecule has 0 aliphatic rings. The van der Waals surface area contributed by atoms with E-state index in [0.29, 0.717) is 12.2 Å². The molecular weight excluding hydrogens is 115 g/mol. The van der Waals surface area contributed by atoms with E-state index in [9.17, 15) is 0 Å². The first-order valence-electron chi connectivity index (χ1n) is 3.53. The quantitative estimate of drug-likeness (QED) is 0.555. The minimum atomic E-state index is -1.12. The van der Waals surface area contributed by atoms with Gasteiger partial charge in [-0.15, -0.1) is 0 Å². The first kappa shape index (κ1) is 8.98. The predicted molar refractivity (Wildman–Crippen MR) is 39.1 cm³/mol. The van der Waals surface area contributed by atoms with Crippen LogP contribution in [0, 0.1) is 5.92 Å². The molecule has 0 aliphatic carbocycles. The van der Waals surface area contributed by atoms with Crippen LogP contribution in [0.25, 0.3) is 0 Å². The topological polar surface area (TPSA) is 40.5 Å². The molecule has 0 heterocycles. The van der Waals surface area contributed by atoms with Gasteiger partial charge in [-0.05, 0) is 12.2 Å². The van der Waals surface area contributed by atoms with Crippen molar-refractivity contribution in [3.63, 3.8) is 0 Å². The summed E-state index contributed by atoms with van der Waals surface area (Å²) in [4.78, 5) is 0. The molecule has 0 saturated carbocycles. The van der Waals surface area contributed by atoms with Crippen molar-refractivity contribution in [3.05, 3.63) is 0 Å². The molecule has 2 nitrogen and oxygen atoms in total. The van der Waals surface area contributed by atoms with Gasteiger partial charge in [0.25, 0.3) is 0 Å². The van der Waals surface area contributed by atoms with Crippen molar-refractivity contribution < 1.29 is 10.0 Å². The molecule has 0 aromatic heterocycles. The standard InChI is InChI=1S/C6H15BO2/c1-3-4-6(2)5-7(8)9/h6,8-9H,3-5H2,1-2H3. The maximum absolute atomic E-state index is 8.50. The van der Waals surface area contributed by atoms with E-state index in [1.165, 1.54) is 0 Å². The average Bonchev–Trinajstić information content (AvgIpc) is 1.63. The van der Waals surface area contributed by atoms with E-state index >= 15 is 0 Å². The summed E-state index contributed by atoms with van der Waals surface area (Å²) in [6.07, 6.45) is 2.71. The summed E-state index contributed by atoms with van der Waals surface area (Å²) in [6.45, 7) is 4.13. The molecule has 0 aromatic carbocycles. The van der Waals surface area contributed by atoms with Crippen LogP contribution in [0.5, 0.6) is 0 Å². The molecule has 0 aromatic rings. The Morgan fingerprint density at radius 3 is 2.33 bits per heavy atom. The number of hydrogen-bond donors (Lipinski definition) is 2. The molecule has 0 saturated heterocycles. The molecule has 2 N–H and O–H groups in total. The maximum Gasteiger partial charge on any atom is 0.451 e. The third-order valence-corrected chi connectivity index (χ3v) is 1.39. The summed E-state index contributed by atoms with van der Waals surface area (Å²) >= 11 is 0. The Balaban J connectivity index is 3.15. The van der Waals surface area contributed by atoms with Gasteiger partial charge in [0, 0.05) is 0 Å². The molecule has 0 radical (unpaired) electrons. The predicted octanol–water partition coefficient (Wildman–Crippen LogP) is 0.895. The van der Waals surface area contributed by atoms with Crippen molar-refractivity contribution in [3.8, 4) is 0 Å². The zero-order valence-electron chi connectivity index (χ0n) is 6.17. The molecule has 0 bridgehead atoms. The van der Waals surface area contributed by atoms with Crippen molar-refractivity contribution in [1.82, 2.24) is 0 Å². The van der Waals surface area contributed by atoms with Crippen LogP contribution in [0.4, 0.5) is 0 Å². The summed E-state index contributed by atoms with van der Waals surface area (Å²) in [5, 5.41) is 17.0. The van der Waals surface area contributed by atoms with Gasteiger partial charge in [0.1, 0.15) is 0 Å². The zero-order valence-corrected chi connectivity index (χ0v) is 6.17. The lowest BCUT2D eigenvalue weighted by Crippen LogP contribution is -2.14. The van der Waals surface area contributed by atoms with Crippen molar-refractivity contribution >= 4 is 7.12 Å². The lowest BCUT2D eigenvalue weighted by Gasteiger charge is -2.06. The molecule has 54 valence electrons. The Labute approximate surface area is 57.0 Å². The Kier molecular flexibility index (Phi) is 4.82. The van der Waals surface area contributed by atoms with Crippen molar-refractivity contribution in [2.24, 2.45) is 5.92 Å². The molecule has 0 spiro atoms. The summed E-state index contributed by atoms with van der Waals surface area (Å²) < 4.78 is 0. The minimum Gasteiger partial charge on any atom is -0.427 e. The second-order valence-corrected chi connectivity index (χ2v) is 2.61. The van der Waals surface area contributed by atoms with Gasteiger partial charge in [-0.25, -0.2) is 0 Å². The van der Waals surface area contributed by atoms with E-state index in [-0.39, 0.29) is 0 Å². The van der Waals surface area contributed by atoms with Crippen LogP contribution in [0.15, 0.2) is 0 Å². The lowest BCUT2D eigenvalue weighted by molar-refractivity contribution is 0.385. The van der Waals surface area contributed by atoms with E-state index in [0.717, 1.165) is 12.8 Å². The summed E-state index contributed by atoms with van der Waals surface area (Å²) in [5.41, 5.74) is 0. The van der Waals surface area contributed by atoms with Crippen LogP contribution >= 0.6 is 0 Å². The summed E-state index contributed by atoms with van der Waals surface area (Å²) in [6, 6.07) is 0. The van der Waals surface area contributed by atoms with Crippen molar-refractivity contribution in [1.29, 1.82) is 0 Å². The minimum absolute atomic E-state index is 0.440. The molecule has 9 heavy (non-hydrogen) atoms. The molecule has 0 amide bonds. The fourth-order valence-corrected chi connectivity index (χ4v) is 0.971. The zero-order chi connectivity index (χ0) is 7.28. The van der Waals surface area contributed by atoms with Crippen LogP contribution in [0.1, 0.15) is 26.7 Å². The van der Waals surface area contributed by atoms with E-state index in [1.807, 2.05) is 6.92 Å². The maximum atomic E-state index is 8.50. The second-order valence-electron chi connectivity index (χ2n) is 2.61. The van der Waals surface area contributed by atoms with E-state index < -0.39 is 7.12 Å². The molecule has 0 rings (SSSR count). The molecule has 1 unspecified atom stereocenters. The van der Waals surface area contributed by atoms with Gasteiger partial charge in [-0.1, -0.05) is 26.7 Å². The largest absolute Gasteiger partial charge is 0.451 e. The first-order chi connectivity index (χ1) is 4.16. The van der Waals surface area contributed by atoms with Gasteiger partial charge in [-0.2, -0.15) is 0 Å². The van der Waals surface area contributed by atoms with E-state index in [1.54, 1.807) is 0 Å². The molecule has 1 atom stereocenters. The first-order valence-corrected chi connectivity index (χ1v) is 3.53. The van der Waals surface area contributed by atoms with Crippen LogP contribution in [-0.4, -0.2) is 17.2 Å².